The van der Waals surface area contributed by atoms with Crippen molar-refractivity contribution in [2.45, 2.75) is 59.0 Å². The standard InChI is InChI=1S/C13H23NO3/c1-5-7-8-13(12(15)16-6-2)9-11(10(3)4)14-17-13/h10H,5-9H2,1-4H3. The first-order valence-electron chi connectivity index (χ1n) is 6.48. The van der Waals surface area contributed by atoms with Crippen molar-refractivity contribution < 1.29 is 14.4 Å². The fourth-order valence-electron chi connectivity index (χ4n) is 1.88. The second-order valence-corrected chi connectivity index (χ2v) is 4.82. The third-order valence-corrected chi connectivity index (χ3v) is 3.05. The summed E-state index contributed by atoms with van der Waals surface area (Å²) in [6.07, 6.45) is 3.23. The molecule has 1 aliphatic heterocycles. The van der Waals surface area contributed by atoms with Gasteiger partial charge in [-0.2, -0.15) is 0 Å². The molecule has 0 aromatic rings. The second-order valence-electron chi connectivity index (χ2n) is 4.82. The van der Waals surface area contributed by atoms with Crippen molar-refractivity contribution in [3.05, 3.63) is 0 Å². The number of esters is 1. The van der Waals surface area contributed by atoms with Gasteiger partial charge in [0, 0.05) is 12.8 Å². The Labute approximate surface area is 103 Å². The van der Waals surface area contributed by atoms with Crippen LogP contribution in [-0.4, -0.2) is 23.9 Å². The van der Waals surface area contributed by atoms with Crippen molar-refractivity contribution in [1.29, 1.82) is 0 Å². The Morgan fingerprint density at radius 1 is 1.53 bits per heavy atom. The summed E-state index contributed by atoms with van der Waals surface area (Å²) in [5.74, 6) is 0.0424. The average Bonchev–Trinajstić information content (AvgIpc) is 2.72. The summed E-state index contributed by atoms with van der Waals surface area (Å²) in [7, 11) is 0. The fourth-order valence-corrected chi connectivity index (χ4v) is 1.88. The zero-order chi connectivity index (χ0) is 12.9. The molecular weight excluding hydrogens is 218 g/mol. The summed E-state index contributed by atoms with van der Waals surface area (Å²) in [5.41, 5.74) is 0.0974. The molecule has 98 valence electrons. The molecule has 0 aromatic heterocycles. The van der Waals surface area contributed by atoms with Crippen LogP contribution in [0.3, 0.4) is 0 Å². The molecule has 0 fully saturated rings. The summed E-state index contributed by atoms with van der Waals surface area (Å²) in [6.45, 7) is 8.40. The lowest BCUT2D eigenvalue weighted by molar-refractivity contribution is -0.170. The van der Waals surface area contributed by atoms with E-state index >= 15 is 0 Å². The minimum Gasteiger partial charge on any atom is -0.463 e. The van der Waals surface area contributed by atoms with E-state index in [0.717, 1.165) is 18.6 Å². The highest BCUT2D eigenvalue weighted by atomic mass is 16.7. The van der Waals surface area contributed by atoms with Crippen LogP contribution in [0.5, 0.6) is 0 Å². The van der Waals surface area contributed by atoms with E-state index in [-0.39, 0.29) is 5.97 Å². The van der Waals surface area contributed by atoms with Gasteiger partial charge in [0.15, 0.2) is 0 Å². The molecule has 0 radical (unpaired) electrons. The Hall–Kier alpha value is -1.06. The lowest BCUT2D eigenvalue weighted by atomic mass is 9.88. The minimum absolute atomic E-state index is 0.271. The van der Waals surface area contributed by atoms with Gasteiger partial charge in [-0.1, -0.05) is 32.3 Å². The molecule has 1 unspecified atom stereocenters. The van der Waals surface area contributed by atoms with E-state index in [1.807, 2.05) is 6.92 Å². The van der Waals surface area contributed by atoms with E-state index in [4.69, 9.17) is 9.57 Å². The van der Waals surface area contributed by atoms with Crippen LogP contribution in [0.1, 0.15) is 53.4 Å². The summed E-state index contributed by atoms with van der Waals surface area (Å²) in [4.78, 5) is 17.5. The van der Waals surface area contributed by atoms with Crippen LogP contribution in [0.25, 0.3) is 0 Å². The number of carbonyl (C=O) groups excluding carboxylic acids is 1. The molecule has 1 atom stereocenters. The molecule has 1 heterocycles. The zero-order valence-corrected chi connectivity index (χ0v) is 11.3. The van der Waals surface area contributed by atoms with Gasteiger partial charge in [-0.05, 0) is 19.3 Å². The van der Waals surface area contributed by atoms with Crippen molar-refractivity contribution in [3.63, 3.8) is 0 Å². The molecular formula is C13H23NO3. The molecule has 4 heteroatoms. The summed E-state index contributed by atoms with van der Waals surface area (Å²) in [5, 5.41) is 4.06. The van der Waals surface area contributed by atoms with Crippen LogP contribution in [0.2, 0.25) is 0 Å². The number of hydrogen-bond donors (Lipinski definition) is 0. The highest BCUT2D eigenvalue weighted by Crippen LogP contribution is 2.33. The number of ether oxygens (including phenoxy) is 1. The zero-order valence-electron chi connectivity index (χ0n) is 11.3. The van der Waals surface area contributed by atoms with Crippen molar-refractivity contribution >= 4 is 11.7 Å². The number of unbranched alkanes of at least 4 members (excludes halogenated alkanes) is 1. The molecule has 0 aliphatic carbocycles. The van der Waals surface area contributed by atoms with E-state index in [1.165, 1.54) is 0 Å². The normalized spacial score (nSPS) is 23.5. The molecule has 4 nitrogen and oxygen atoms in total. The molecule has 0 saturated carbocycles. The lowest BCUT2D eigenvalue weighted by Gasteiger charge is -2.24. The van der Waals surface area contributed by atoms with Gasteiger partial charge in [0.2, 0.25) is 5.60 Å². The van der Waals surface area contributed by atoms with Crippen LogP contribution in [0.4, 0.5) is 0 Å². The predicted octanol–water partition coefficient (Wildman–Crippen LogP) is 2.91. The van der Waals surface area contributed by atoms with Gasteiger partial charge in [0.1, 0.15) is 0 Å². The van der Waals surface area contributed by atoms with Crippen LogP contribution in [0, 0.1) is 5.92 Å². The highest BCUT2D eigenvalue weighted by Gasteiger charge is 2.47. The summed E-state index contributed by atoms with van der Waals surface area (Å²) < 4.78 is 5.12. The maximum Gasteiger partial charge on any atom is 0.353 e. The van der Waals surface area contributed by atoms with Gasteiger partial charge >= 0.3 is 5.97 Å². The molecule has 0 bridgehead atoms. The van der Waals surface area contributed by atoms with E-state index in [2.05, 4.69) is 25.9 Å². The average molecular weight is 241 g/mol. The van der Waals surface area contributed by atoms with Crippen molar-refractivity contribution in [3.8, 4) is 0 Å². The molecule has 1 aliphatic rings. The largest absolute Gasteiger partial charge is 0.463 e. The second kappa shape index (κ2) is 6.03. The fraction of sp³-hybridized carbons (Fsp3) is 0.846. The topological polar surface area (TPSA) is 47.9 Å². The number of oxime groups is 1. The SMILES string of the molecule is CCCCC1(C(=O)OCC)CC(C(C)C)=NO1. The molecule has 0 saturated heterocycles. The first kappa shape index (κ1) is 14.0. The van der Waals surface area contributed by atoms with Gasteiger partial charge < -0.3 is 9.57 Å². The number of carbonyl (C=O) groups is 1. The highest BCUT2D eigenvalue weighted by molar-refractivity contribution is 5.94. The molecule has 0 N–H and O–H groups in total. The third kappa shape index (κ3) is 3.20. The van der Waals surface area contributed by atoms with E-state index in [0.29, 0.717) is 25.4 Å². The maximum absolute atomic E-state index is 12.0. The number of nitrogens with zero attached hydrogens (tertiary/aromatic N) is 1. The Morgan fingerprint density at radius 2 is 2.24 bits per heavy atom. The van der Waals surface area contributed by atoms with Crippen molar-refractivity contribution in [1.82, 2.24) is 0 Å². The van der Waals surface area contributed by atoms with Crippen LogP contribution >= 0.6 is 0 Å². The van der Waals surface area contributed by atoms with E-state index in [1.54, 1.807) is 0 Å². The first-order chi connectivity index (χ1) is 8.05. The summed E-state index contributed by atoms with van der Waals surface area (Å²) in [6, 6.07) is 0. The van der Waals surface area contributed by atoms with Gasteiger partial charge in [0.05, 0.1) is 12.3 Å². The third-order valence-electron chi connectivity index (χ3n) is 3.05. The van der Waals surface area contributed by atoms with Crippen LogP contribution in [-0.2, 0) is 14.4 Å². The van der Waals surface area contributed by atoms with Crippen molar-refractivity contribution in [2.24, 2.45) is 11.1 Å². The molecule has 17 heavy (non-hydrogen) atoms. The smallest absolute Gasteiger partial charge is 0.353 e. The maximum atomic E-state index is 12.0. The monoisotopic (exact) mass is 241 g/mol. The Morgan fingerprint density at radius 3 is 2.71 bits per heavy atom. The van der Waals surface area contributed by atoms with Gasteiger partial charge in [-0.3, -0.25) is 0 Å². The van der Waals surface area contributed by atoms with Gasteiger partial charge in [0.25, 0.3) is 0 Å². The van der Waals surface area contributed by atoms with Gasteiger partial charge in [-0.25, -0.2) is 4.79 Å². The quantitative estimate of drug-likeness (QED) is 0.672. The lowest BCUT2D eigenvalue weighted by Crippen LogP contribution is -2.41. The first-order valence-corrected chi connectivity index (χ1v) is 6.48. The van der Waals surface area contributed by atoms with Crippen LogP contribution in [0.15, 0.2) is 5.16 Å². The molecule has 0 spiro atoms. The number of hydrogen-bond acceptors (Lipinski definition) is 4. The van der Waals surface area contributed by atoms with Crippen molar-refractivity contribution in [2.75, 3.05) is 6.61 Å². The Kier molecular flexibility index (Phi) is 4.97. The Balaban J connectivity index is 2.73. The molecule has 0 amide bonds. The number of rotatable bonds is 6. The van der Waals surface area contributed by atoms with Gasteiger partial charge in [-0.15, -0.1) is 0 Å². The van der Waals surface area contributed by atoms with Crippen LogP contribution < -0.4 is 0 Å². The summed E-state index contributed by atoms with van der Waals surface area (Å²) >= 11 is 0. The minimum atomic E-state index is -0.856. The van der Waals surface area contributed by atoms with E-state index in [9.17, 15) is 4.79 Å². The molecule has 1 rings (SSSR count). The predicted molar refractivity (Wildman–Crippen MR) is 66.9 cm³/mol. The Bertz CT molecular complexity index is 299. The molecule has 0 aromatic carbocycles. The van der Waals surface area contributed by atoms with E-state index < -0.39 is 5.60 Å².